The summed E-state index contributed by atoms with van der Waals surface area (Å²) in [4.78, 5) is 23.5. The molecule has 1 aliphatic heterocycles. The van der Waals surface area contributed by atoms with Crippen molar-refractivity contribution in [3.8, 4) is 0 Å². The molecule has 1 aliphatic rings. The third-order valence-corrected chi connectivity index (χ3v) is 8.63. The number of ether oxygens (including phenoxy) is 3. The van der Waals surface area contributed by atoms with Crippen molar-refractivity contribution < 1.29 is 28.2 Å². The van der Waals surface area contributed by atoms with Crippen molar-refractivity contribution >= 4 is 36.0 Å². The zero-order chi connectivity index (χ0) is 30.7. The Labute approximate surface area is 259 Å². The smallest absolute Gasteiger partial charge is 0.376 e. The van der Waals surface area contributed by atoms with E-state index in [0.29, 0.717) is 17.0 Å². The molecule has 11 nitrogen and oxygen atoms in total. The first-order valence-electron chi connectivity index (χ1n) is 13.9. The number of anilines is 1. The molecular weight excluding hydrogens is 601 g/mol. The number of nitrogens with one attached hydrogen (secondary N) is 1. The summed E-state index contributed by atoms with van der Waals surface area (Å²) >= 11 is 3.61. The van der Waals surface area contributed by atoms with Gasteiger partial charge in [-0.2, -0.15) is 0 Å². The highest BCUT2D eigenvalue weighted by Gasteiger charge is 2.48. The first-order valence-corrected chi connectivity index (χ1v) is 16.6. The molecule has 3 heterocycles. The van der Waals surface area contributed by atoms with Crippen molar-refractivity contribution in [1.82, 2.24) is 19.5 Å². The fourth-order valence-corrected chi connectivity index (χ4v) is 6.40. The number of methoxy groups -OCH3 is 2. The zero-order valence-electron chi connectivity index (χ0n) is 24.0. The molecule has 6 rings (SSSR count). The number of imidazole rings is 1. The standard InChI is InChI=1S/C31H32N5O6PS/c1-39-26-24(18-41-43(37,38)44)42-30(27(26)40-2)36-20-34-25-28(32-19-33-29(25)36)35-31(21-12-6-3-7-13-21,22-14-8-4-9-15-22)23-16-10-5-11-17-23/h3-17,19-20,24,26-27,30H,18H2,1-2H3,(H,32,33,35)(H2,37,38,44)/t24-,26-,27-,30-/m1/s1. The van der Waals surface area contributed by atoms with Crippen LogP contribution in [0.2, 0.25) is 0 Å². The summed E-state index contributed by atoms with van der Waals surface area (Å²) in [7, 11) is 3.06. The fourth-order valence-electron chi connectivity index (χ4n) is 5.86. The summed E-state index contributed by atoms with van der Waals surface area (Å²) in [6.45, 7) is -4.26. The van der Waals surface area contributed by atoms with Crippen LogP contribution in [-0.4, -0.2) is 63.6 Å². The predicted octanol–water partition coefficient (Wildman–Crippen LogP) is 5.20. The molecular formula is C31H32N5O6PS. The Bertz CT molecular complexity index is 1640. The molecule has 0 saturated carbocycles. The van der Waals surface area contributed by atoms with Gasteiger partial charge in [-0.1, -0.05) is 103 Å². The molecule has 13 heteroatoms. The molecule has 5 aromatic rings. The van der Waals surface area contributed by atoms with Crippen LogP contribution in [0.3, 0.4) is 0 Å². The van der Waals surface area contributed by atoms with Crippen molar-refractivity contribution in [3.05, 3.63) is 120 Å². The maximum atomic E-state index is 11.7. The summed E-state index contributed by atoms with van der Waals surface area (Å²) in [6.07, 6.45) is 0.425. The van der Waals surface area contributed by atoms with E-state index in [1.807, 2.05) is 54.6 Å². The van der Waals surface area contributed by atoms with Crippen molar-refractivity contribution in [2.75, 3.05) is 26.1 Å². The molecule has 2 aromatic heterocycles. The Morgan fingerprint density at radius 3 is 1.93 bits per heavy atom. The van der Waals surface area contributed by atoms with E-state index in [0.717, 1.165) is 16.7 Å². The minimum Gasteiger partial charge on any atom is -0.376 e. The molecule has 3 aromatic carbocycles. The van der Waals surface area contributed by atoms with Crippen LogP contribution in [-0.2, 0) is 28.8 Å². The van der Waals surface area contributed by atoms with E-state index in [1.54, 1.807) is 18.0 Å². The molecule has 0 spiro atoms. The normalized spacial score (nSPS) is 21.7. The van der Waals surface area contributed by atoms with Gasteiger partial charge < -0.3 is 24.4 Å². The van der Waals surface area contributed by atoms with E-state index >= 15 is 0 Å². The minimum atomic E-state index is -4.04. The molecule has 1 saturated heterocycles. The largest absolute Gasteiger partial charge is 0.383 e. The van der Waals surface area contributed by atoms with Crippen LogP contribution in [0.25, 0.3) is 11.2 Å². The van der Waals surface area contributed by atoms with Gasteiger partial charge in [0.2, 0.25) is 0 Å². The highest BCUT2D eigenvalue weighted by Crippen LogP contribution is 2.48. The predicted molar refractivity (Wildman–Crippen MR) is 168 cm³/mol. The van der Waals surface area contributed by atoms with Crippen molar-refractivity contribution in [2.45, 2.75) is 30.1 Å². The number of aromatic nitrogens is 4. The quantitative estimate of drug-likeness (QED) is 0.101. The number of rotatable bonds is 11. The Kier molecular flexibility index (Phi) is 8.84. The van der Waals surface area contributed by atoms with E-state index in [9.17, 15) is 9.46 Å². The molecule has 44 heavy (non-hydrogen) atoms. The second-order valence-electron chi connectivity index (χ2n) is 10.3. The van der Waals surface area contributed by atoms with Crippen molar-refractivity contribution in [3.63, 3.8) is 0 Å². The molecule has 228 valence electrons. The zero-order valence-corrected chi connectivity index (χ0v) is 25.8. The van der Waals surface area contributed by atoms with Crippen LogP contribution in [0.1, 0.15) is 22.9 Å². The highest BCUT2D eigenvalue weighted by molar-refractivity contribution is 8.44. The summed E-state index contributed by atoms with van der Waals surface area (Å²) in [5.74, 6) is 0.511. The van der Waals surface area contributed by atoms with Crippen LogP contribution in [0.4, 0.5) is 5.82 Å². The SMILES string of the molecule is CO[C@@H]1[C@H](OC)[C@@H](COP(=O)(O)S)O[C@H]1n1cnc2c(NC(c3ccccc3)(c3ccccc3)c3ccccc3)ncnc21. The molecule has 0 bridgehead atoms. The first kappa shape index (κ1) is 30.4. The number of hydrogen-bond donors (Lipinski definition) is 3. The molecule has 0 amide bonds. The lowest BCUT2D eigenvalue weighted by Gasteiger charge is -2.37. The van der Waals surface area contributed by atoms with E-state index in [1.165, 1.54) is 13.4 Å². The van der Waals surface area contributed by atoms with Gasteiger partial charge in [-0.25, -0.2) is 19.5 Å². The molecule has 1 unspecified atom stereocenters. The van der Waals surface area contributed by atoms with E-state index in [4.69, 9.17) is 23.7 Å². The van der Waals surface area contributed by atoms with Crippen LogP contribution in [0.15, 0.2) is 104 Å². The summed E-state index contributed by atoms with van der Waals surface area (Å²) in [5, 5.41) is 3.77. The Hall–Kier alpha value is -3.61. The maximum absolute atomic E-state index is 11.7. The molecule has 0 radical (unpaired) electrons. The molecule has 5 atom stereocenters. The van der Waals surface area contributed by atoms with Crippen LogP contribution in [0, 0.1) is 0 Å². The lowest BCUT2D eigenvalue weighted by atomic mass is 9.77. The van der Waals surface area contributed by atoms with E-state index in [-0.39, 0.29) is 6.61 Å². The second kappa shape index (κ2) is 12.8. The Morgan fingerprint density at radius 2 is 1.43 bits per heavy atom. The number of benzene rings is 3. The van der Waals surface area contributed by atoms with Gasteiger partial charge >= 0.3 is 6.80 Å². The number of hydrogen-bond acceptors (Lipinski definition) is 9. The Morgan fingerprint density at radius 1 is 0.886 bits per heavy atom. The van der Waals surface area contributed by atoms with Gasteiger partial charge in [0.25, 0.3) is 0 Å². The van der Waals surface area contributed by atoms with Crippen LogP contribution >= 0.6 is 19.0 Å². The highest BCUT2D eigenvalue weighted by atomic mass is 32.7. The van der Waals surface area contributed by atoms with Gasteiger partial charge in [0.15, 0.2) is 23.2 Å². The third-order valence-electron chi connectivity index (χ3n) is 7.80. The third kappa shape index (κ3) is 5.78. The fraction of sp³-hybridized carbons (Fsp3) is 0.258. The van der Waals surface area contributed by atoms with Crippen LogP contribution in [0.5, 0.6) is 0 Å². The average molecular weight is 634 g/mol. The molecule has 2 N–H and O–H groups in total. The van der Waals surface area contributed by atoms with E-state index in [2.05, 4.69) is 63.9 Å². The van der Waals surface area contributed by atoms with Gasteiger partial charge in [-0.3, -0.25) is 9.09 Å². The van der Waals surface area contributed by atoms with Crippen molar-refractivity contribution in [2.24, 2.45) is 0 Å². The monoisotopic (exact) mass is 633 g/mol. The van der Waals surface area contributed by atoms with Gasteiger partial charge in [0.1, 0.15) is 30.2 Å². The number of nitrogens with zero attached hydrogens (tertiary/aromatic N) is 4. The molecule has 1 fully saturated rings. The lowest BCUT2D eigenvalue weighted by molar-refractivity contribution is -0.0563. The Balaban J connectivity index is 1.45. The maximum Gasteiger partial charge on any atom is 0.383 e. The summed E-state index contributed by atoms with van der Waals surface area (Å²) in [5.41, 5.74) is 3.22. The average Bonchev–Trinajstić information content (AvgIpc) is 3.65. The first-order chi connectivity index (χ1) is 21.4. The van der Waals surface area contributed by atoms with Gasteiger partial charge in [-0.15, -0.1) is 0 Å². The number of fused-ring (bicyclic) bond motifs is 1. The summed E-state index contributed by atoms with van der Waals surface area (Å²) in [6, 6.07) is 30.6. The summed E-state index contributed by atoms with van der Waals surface area (Å²) < 4.78 is 36.2. The van der Waals surface area contributed by atoms with Gasteiger partial charge in [0, 0.05) is 14.2 Å². The number of thiol groups is 1. The van der Waals surface area contributed by atoms with Crippen LogP contribution < -0.4 is 5.32 Å². The topological polar surface area (TPSA) is 130 Å². The van der Waals surface area contributed by atoms with Gasteiger partial charge in [0.05, 0.1) is 12.9 Å². The molecule has 0 aliphatic carbocycles. The lowest BCUT2D eigenvalue weighted by Crippen LogP contribution is -2.38. The minimum absolute atomic E-state index is 0.228. The van der Waals surface area contributed by atoms with Crippen molar-refractivity contribution in [1.29, 1.82) is 0 Å². The van der Waals surface area contributed by atoms with Gasteiger partial charge in [-0.05, 0) is 16.7 Å². The second-order valence-corrected chi connectivity index (χ2v) is 13.0. The van der Waals surface area contributed by atoms with E-state index < -0.39 is 36.9 Å².